The van der Waals surface area contributed by atoms with Crippen molar-refractivity contribution in [3.8, 4) is 5.75 Å². The van der Waals surface area contributed by atoms with Gasteiger partial charge in [0, 0.05) is 6.26 Å². The molecule has 1 aromatic carbocycles. The smallest absolute Gasteiger partial charge is 0.406 e. The summed E-state index contributed by atoms with van der Waals surface area (Å²) in [5.74, 6) is -0.656. The fourth-order valence-electron chi connectivity index (χ4n) is 2.07. The number of amides is 1. The van der Waals surface area contributed by atoms with Crippen molar-refractivity contribution in [3.63, 3.8) is 0 Å². The van der Waals surface area contributed by atoms with Gasteiger partial charge in [0.15, 0.2) is 16.4 Å². The zero-order chi connectivity index (χ0) is 19.4. The molecule has 0 atom stereocenters. The van der Waals surface area contributed by atoms with Crippen LogP contribution >= 0.6 is 0 Å². The number of benzene rings is 1. The molecule has 0 aliphatic rings. The maximum absolute atomic E-state index is 12.7. The summed E-state index contributed by atoms with van der Waals surface area (Å²) in [5, 5.41) is 0. The van der Waals surface area contributed by atoms with Gasteiger partial charge >= 0.3 is 6.18 Å². The first-order valence-electron chi connectivity index (χ1n) is 7.34. The molecule has 26 heavy (non-hydrogen) atoms. The molecule has 0 aliphatic heterocycles. The molecule has 0 aliphatic carbocycles. The van der Waals surface area contributed by atoms with E-state index in [1.165, 1.54) is 42.7 Å². The largest absolute Gasteiger partial charge is 0.484 e. The second-order valence-electron chi connectivity index (χ2n) is 5.48. The first kappa shape index (κ1) is 19.8. The quantitative estimate of drug-likeness (QED) is 0.725. The Morgan fingerprint density at radius 1 is 1.23 bits per heavy atom. The number of nitrogens with zero attached hydrogens (tertiary/aromatic N) is 1. The van der Waals surface area contributed by atoms with Crippen molar-refractivity contribution in [1.29, 1.82) is 0 Å². The number of carbonyl (C=O) groups excluding carboxylic acids is 1. The molecule has 0 saturated heterocycles. The Balaban J connectivity index is 2.07. The molecule has 0 fully saturated rings. The van der Waals surface area contributed by atoms with E-state index in [4.69, 9.17) is 9.15 Å². The number of alkyl halides is 3. The zero-order valence-corrected chi connectivity index (χ0v) is 14.5. The van der Waals surface area contributed by atoms with Crippen molar-refractivity contribution < 1.29 is 35.5 Å². The number of ether oxygens (including phenoxy) is 1. The Labute approximate surface area is 148 Å². The zero-order valence-electron chi connectivity index (χ0n) is 13.7. The minimum absolute atomic E-state index is 0.0230. The van der Waals surface area contributed by atoms with E-state index in [2.05, 4.69) is 0 Å². The lowest BCUT2D eigenvalue weighted by atomic mass is 10.3. The number of rotatable bonds is 7. The average Bonchev–Trinajstić information content (AvgIpc) is 3.03. The van der Waals surface area contributed by atoms with Crippen LogP contribution < -0.4 is 4.74 Å². The molecule has 10 heteroatoms. The molecule has 0 unspecified atom stereocenters. The molecule has 0 radical (unpaired) electrons. The molecule has 1 amide bonds. The van der Waals surface area contributed by atoms with Gasteiger partial charge in [-0.2, -0.15) is 13.2 Å². The van der Waals surface area contributed by atoms with E-state index in [0.29, 0.717) is 4.90 Å². The predicted octanol–water partition coefficient (Wildman–Crippen LogP) is 2.65. The molecular weight excluding hydrogens is 375 g/mol. The lowest BCUT2D eigenvalue weighted by Crippen LogP contribution is -2.40. The fraction of sp³-hybridized carbons (Fsp3) is 0.312. The van der Waals surface area contributed by atoms with Gasteiger partial charge in [-0.15, -0.1) is 0 Å². The van der Waals surface area contributed by atoms with Crippen LogP contribution in [0.5, 0.6) is 5.75 Å². The summed E-state index contributed by atoms with van der Waals surface area (Å²) in [6.07, 6.45) is -2.29. The van der Waals surface area contributed by atoms with Gasteiger partial charge in [-0.25, -0.2) is 8.42 Å². The maximum atomic E-state index is 12.7. The van der Waals surface area contributed by atoms with Gasteiger partial charge in [0.2, 0.25) is 0 Å². The number of sulfone groups is 1. The number of halogens is 3. The standard InChI is InChI=1S/C16H16F3NO5S/c1-26(22,23)14-6-2-4-12(8-14)25-10-15(21)20(11-16(17,18)19)9-13-5-3-7-24-13/h2-8H,9-11H2,1H3. The van der Waals surface area contributed by atoms with Crippen LogP contribution in [0.15, 0.2) is 52.0 Å². The first-order valence-corrected chi connectivity index (χ1v) is 9.23. The average molecular weight is 391 g/mol. The Kier molecular flexibility index (Phi) is 5.96. The number of hydrogen-bond donors (Lipinski definition) is 0. The second kappa shape index (κ2) is 7.81. The van der Waals surface area contributed by atoms with Crippen molar-refractivity contribution >= 4 is 15.7 Å². The highest BCUT2D eigenvalue weighted by molar-refractivity contribution is 7.90. The predicted molar refractivity (Wildman–Crippen MR) is 85.2 cm³/mol. The van der Waals surface area contributed by atoms with Crippen molar-refractivity contribution in [2.24, 2.45) is 0 Å². The molecule has 0 bridgehead atoms. The van der Waals surface area contributed by atoms with Crippen LogP contribution in [0.2, 0.25) is 0 Å². The summed E-state index contributed by atoms with van der Waals surface area (Å²) >= 11 is 0. The van der Waals surface area contributed by atoms with E-state index in [1.807, 2.05) is 0 Å². The lowest BCUT2D eigenvalue weighted by molar-refractivity contribution is -0.164. The maximum Gasteiger partial charge on any atom is 0.406 e. The molecule has 2 aromatic rings. The van der Waals surface area contributed by atoms with Gasteiger partial charge in [-0.3, -0.25) is 4.79 Å². The second-order valence-corrected chi connectivity index (χ2v) is 7.50. The molecular formula is C16H16F3NO5S. The van der Waals surface area contributed by atoms with Crippen LogP contribution in [-0.2, 0) is 21.2 Å². The third-order valence-corrected chi connectivity index (χ3v) is 4.36. The molecule has 1 heterocycles. The Morgan fingerprint density at radius 3 is 2.54 bits per heavy atom. The molecule has 1 aromatic heterocycles. The highest BCUT2D eigenvalue weighted by atomic mass is 32.2. The first-order chi connectivity index (χ1) is 12.0. The molecule has 2 rings (SSSR count). The molecule has 6 nitrogen and oxygen atoms in total. The fourth-order valence-corrected chi connectivity index (χ4v) is 2.73. The minimum Gasteiger partial charge on any atom is -0.484 e. The van der Waals surface area contributed by atoms with E-state index in [9.17, 15) is 26.4 Å². The van der Waals surface area contributed by atoms with Gasteiger partial charge in [0.1, 0.15) is 18.1 Å². The van der Waals surface area contributed by atoms with E-state index >= 15 is 0 Å². The lowest BCUT2D eigenvalue weighted by Gasteiger charge is -2.23. The van der Waals surface area contributed by atoms with Gasteiger partial charge in [0.25, 0.3) is 5.91 Å². The summed E-state index contributed by atoms with van der Waals surface area (Å²) in [7, 11) is -3.48. The normalized spacial score (nSPS) is 12.0. The molecule has 0 saturated carbocycles. The van der Waals surface area contributed by atoms with Crippen molar-refractivity contribution in [2.45, 2.75) is 17.6 Å². The van der Waals surface area contributed by atoms with E-state index in [0.717, 1.165) is 6.26 Å². The SMILES string of the molecule is CS(=O)(=O)c1cccc(OCC(=O)N(Cc2ccco2)CC(F)(F)F)c1. The summed E-state index contributed by atoms with van der Waals surface area (Å²) < 4.78 is 71.3. The molecule has 0 spiro atoms. The monoisotopic (exact) mass is 391 g/mol. The van der Waals surface area contributed by atoms with E-state index in [-0.39, 0.29) is 22.9 Å². The Morgan fingerprint density at radius 2 is 1.96 bits per heavy atom. The van der Waals surface area contributed by atoms with Gasteiger partial charge < -0.3 is 14.1 Å². The number of carbonyl (C=O) groups is 1. The van der Waals surface area contributed by atoms with Crippen LogP contribution in [0, 0.1) is 0 Å². The Hall–Kier alpha value is -2.49. The van der Waals surface area contributed by atoms with Crippen LogP contribution in [0.1, 0.15) is 5.76 Å². The van der Waals surface area contributed by atoms with Crippen molar-refractivity contribution in [3.05, 3.63) is 48.4 Å². The molecule has 0 N–H and O–H groups in total. The van der Waals surface area contributed by atoms with Crippen LogP contribution in [-0.4, -0.2) is 44.8 Å². The van der Waals surface area contributed by atoms with Crippen LogP contribution in [0.25, 0.3) is 0 Å². The van der Waals surface area contributed by atoms with E-state index < -0.39 is 35.1 Å². The summed E-state index contributed by atoms with van der Waals surface area (Å²) in [6.45, 7) is -2.50. The summed E-state index contributed by atoms with van der Waals surface area (Å²) in [5.41, 5.74) is 0. The number of hydrogen-bond acceptors (Lipinski definition) is 5. The third-order valence-electron chi connectivity index (χ3n) is 3.25. The highest BCUT2D eigenvalue weighted by Gasteiger charge is 2.33. The van der Waals surface area contributed by atoms with Crippen molar-refractivity contribution in [2.75, 3.05) is 19.4 Å². The summed E-state index contributed by atoms with van der Waals surface area (Å²) in [6, 6.07) is 8.31. The minimum atomic E-state index is -4.58. The third kappa shape index (κ3) is 6.10. The van der Waals surface area contributed by atoms with Crippen molar-refractivity contribution in [1.82, 2.24) is 4.90 Å². The topological polar surface area (TPSA) is 76.8 Å². The highest BCUT2D eigenvalue weighted by Crippen LogP contribution is 2.20. The molecule has 142 valence electrons. The van der Waals surface area contributed by atoms with Gasteiger partial charge in [0.05, 0.1) is 17.7 Å². The van der Waals surface area contributed by atoms with Crippen LogP contribution in [0.3, 0.4) is 0 Å². The van der Waals surface area contributed by atoms with Gasteiger partial charge in [-0.05, 0) is 30.3 Å². The van der Waals surface area contributed by atoms with Gasteiger partial charge in [-0.1, -0.05) is 6.07 Å². The van der Waals surface area contributed by atoms with Crippen LogP contribution in [0.4, 0.5) is 13.2 Å². The van der Waals surface area contributed by atoms with E-state index in [1.54, 1.807) is 0 Å². The summed E-state index contributed by atoms with van der Waals surface area (Å²) in [4.78, 5) is 12.7. The Bertz CT molecular complexity index is 847. The number of furan rings is 1.